The van der Waals surface area contributed by atoms with Crippen LogP contribution in [0.2, 0.25) is 0 Å². The van der Waals surface area contributed by atoms with Gasteiger partial charge in [0.1, 0.15) is 5.60 Å². The number of carbonyl (C=O) groups excluding carboxylic acids is 1. The number of esters is 1. The summed E-state index contributed by atoms with van der Waals surface area (Å²) in [5, 5.41) is 0. The number of fused-ring (bicyclic) bond motifs is 1. The fraction of sp³-hybridized carbons (Fsp3) is 0.571. The van der Waals surface area contributed by atoms with Gasteiger partial charge in [0, 0.05) is 12.2 Å². The number of hydrogen-bond acceptors (Lipinski definition) is 4. The van der Waals surface area contributed by atoms with Crippen molar-refractivity contribution in [3.8, 4) is 0 Å². The Balaban J connectivity index is 2.49. The van der Waals surface area contributed by atoms with E-state index in [4.69, 9.17) is 10.5 Å². The van der Waals surface area contributed by atoms with Crippen LogP contribution in [0.1, 0.15) is 49.7 Å². The first kappa shape index (κ1) is 13.6. The van der Waals surface area contributed by atoms with Crippen molar-refractivity contribution in [3.05, 3.63) is 27.7 Å². The van der Waals surface area contributed by atoms with Crippen molar-refractivity contribution in [1.82, 2.24) is 4.57 Å². The fourth-order valence-electron chi connectivity index (χ4n) is 2.30. The second-order valence-corrected chi connectivity index (χ2v) is 5.88. The van der Waals surface area contributed by atoms with Gasteiger partial charge in [0.15, 0.2) is 0 Å². The van der Waals surface area contributed by atoms with E-state index in [2.05, 4.69) is 0 Å². The topological polar surface area (TPSA) is 74.3 Å². The van der Waals surface area contributed by atoms with Crippen LogP contribution < -0.4 is 11.3 Å². The van der Waals surface area contributed by atoms with Crippen LogP contribution in [0, 0.1) is 0 Å². The van der Waals surface area contributed by atoms with Crippen LogP contribution in [0.5, 0.6) is 0 Å². The third-order valence-electron chi connectivity index (χ3n) is 3.09. The second-order valence-electron chi connectivity index (χ2n) is 5.88. The Bertz CT molecular complexity index is 567. The molecule has 5 nitrogen and oxygen atoms in total. The van der Waals surface area contributed by atoms with Gasteiger partial charge in [-0.05, 0) is 46.1 Å². The number of nitrogens with zero attached hydrogens (tertiary/aromatic N) is 1. The first-order valence-corrected chi connectivity index (χ1v) is 6.55. The van der Waals surface area contributed by atoms with E-state index < -0.39 is 11.6 Å². The predicted molar refractivity (Wildman–Crippen MR) is 73.2 cm³/mol. The Hall–Kier alpha value is -1.78. The van der Waals surface area contributed by atoms with Gasteiger partial charge in [0.25, 0.3) is 5.56 Å². The van der Waals surface area contributed by atoms with E-state index in [0.29, 0.717) is 18.5 Å². The number of nitrogen functional groups attached to an aromatic ring is 1. The molecule has 0 aliphatic carbocycles. The predicted octanol–water partition coefficient (Wildman–Crippen LogP) is 1.72. The standard InChI is InChI=1S/C14H20N2O3/c1-14(2,3)19-13(18)9-8-10(15)12(17)16-7-5-4-6-11(9)16/h8H,4-7,15H2,1-3H3. The van der Waals surface area contributed by atoms with Crippen LogP contribution in [-0.2, 0) is 17.7 Å². The van der Waals surface area contributed by atoms with Gasteiger partial charge in [-0.25, -0.2) is 4.79 Å². The molecule has 2 heterocycles. The quantitative estimate of drug-likeness (QED) is 0.784. The smallest absolute Gasteiger partial charge is 0.340 e. The average molecular weight is 264 g/mol. The molecule has 1 aliphatic rings. The maximum atomic E-state index is 12.2. The molecule has 1 aliphatic heterocycles. The number of aromatic nitrogens is 1. The number of carbonyl (C=O) groups is 1. The Morgan fingerprint density at radius 2 is 2.05 bits per heavy atom. The van der Waals surface area contributed by atoms with Gasteiger partial charge in [-0.3, -0.25) is 4.79 Å². The molecule has 0 amide bonds. The SMILES string of the molecule is CC(C)(C)OC(=O)c1cc(N)c(=O)n2c1CCCC2. The molecular weight excluding hydrogens is 244 g/mol. The first-order valence-electron chi connectivity index (χ1n) is 6.55. The second kappa shape index (κ2) is 4.72. The molecule has 0 unspecified atom stereocenters. The molecule has 0 saturated heterocycles. The third kappa shape index (κ3) is 2.80. The fourth-order valence-corrected chi connectivity index (χ4v) is 2.30. The minimum absolute atomic E-state index is 0.103. The number of ether oxygens (including phenoxy) is 1. The van der Waals surface area contributed by atoms with E-state index in [0.717, 1.165) is 18.5 Å². The number of anilines is 1. The highest BCUT2D eigenvalue weighted by Gasteiger charge is 2.25. The van der Waals surface area contributed by atoms with E-state index in [9.17, 15) is 9.59 Å². The zero-order valence-corrected chi connectivity index (χ0v) is 11.7. The highest BCUT2D eigenvalue weighted by molar-refractivity contribution is 5.92. The minimum Gasteiger partial charge on any atom is -0.456 e. The van der Waals surface area contributed by atoms with Crippen molar-refractivity contribution in [2.75, 3.05) is 5.73 Å². The Kier molecular flexibility index (Phi) is 3.39. The number of hydrogen-bond donors (Lipinski definition) is 1. The lowest BCUT2D eigenvalue weighted by atomic mass is 10.0. The van der Waals surface area contributed by atoms with Crippen molar-refractivity contribution in [2.24, 2.45) is 0 Å². The van der Waals surface area contributed by atoms with Gasteiger partial charge in [0.2, 0.25) is 0 Å². The van der Waals surface area contributed by atoms with E-state index in [1.165, 1.54) is 6.07 Å². The number of nitrogens with two attached hydrogens (primary N) is 1. The van der Waals surface area contributed by atoms with E-state index in [1.54, 1.807) is 4.57 Å². The van der Waals surface area contributed by atoms with Gasteiger partial charge in [-0.2, -0.15) is 0 Å². The number of pyridine rings is 1. The summed E-state index contributed by atoms with van der Waals surface area (Å²) in [5.74, 6) is -0.412. The van der Waals surface area contributed by atoms with Crippen LogP contribution in [0.15, 0.2) is 10.9 Å². The summed E-state index contributed by atoms with van der Waals surface area (Å²) in [7, 11) is 0. The first-order chi connectivity index (χ1) is 8.79. The van der Waals surface area contributed by atoms with Gasteiger partial charge in [-0.15, -0.1) is 0 Å². The van der Waals surface area contributed by atoms with Crippen molar-refractivity contribution in [2.45, 2.75) is 52.2 Å². The van der Waals surface area contributed by atoms with E-state index in [-0.39, 0.29) is 11.2 Å². The highest BCUT2D eigenvalue weighted by atomic mass is 16.6. The lowest BCUT2D eigenvalue weighted by Gasteiger charge is -2.24. The molecule has 1 aromatic rings. The van der Waals surface area contributed by atoms with Crippen molar-refractivity contribution in [1.29, 1.82) is 0 Å². The molecule has 0 spiro atoms. The monoisotopic (exact) mass is 264 g/mol. The Morgan fingerprint density at radius 1 is 1.37 bits per heavy atom. The van der Waals surface area contributed by atoms with Crippen LogP contribution in [0.4, 0.5) is 5.69 Å². The van der Waals surface area contributed by atoms with Gasteiger partial charge in [0.05, 0.1) is 11.3 Å². The van der Waals surface area contributed by atoms with Crippen LogP contribution >= 0.6 is 0 Å². The average Bonchev–Trinajstić information content (AvgIpc) is 2.31. The summed E-state index contributed by atoms with van der Waals surface area (Å²) in [6.45, 7) is 6.07. The Morgan fingerprint density at radius 3 is 2.68 bits per heavy atom. The maximum absolute atomic E-state index is 12.2. The number of rotatable bonds is 1. The van der Waals surface area contributed by atoms with E-state index in [1.807, 2.05) is 20.8 Å². The summed E-state index contributed by atoms with van der Waals surface area (Å²) in [6.07, 6.45) is 2.62. The summed E-state index contributed by atoms with van der Waals surface area (Å²) < 4.78 is 6.98. The zero-order valence-electron chi connectivity index (χ0n) is 11.7. The summed E-state index contributed by atoms with van der Waals surface area (Å²) >= 11 is 0. The molecule has 0 saturated carbocycles. The van der Waals surface area contributed by atoms with Crippen LogP contribution in [0.3, 0.4) is 0 Å². The maximum Gasteiger partial charge on any atom is 0.340 e. The van der Waals surface area contributed by atoms with Gasteiger partial charge < -0.3 is 15.0 Å². The van der Waals surface area contributed by atoms with Gasteiger partial charge in [-0.1, -0.05) is 0 Å². The molecule has 19 heavy (non-hydrogen) atoms. The molecule has 0 bridgehead atoms. The summed E-state index contributed by atoms with van der Waals surface area (Å²) in [4.78, 5) is 24.2. The van der Waals surface area contributed by atoms with Gasteiger partial charge >= 0.3 is 5.97 Å². The molecule has 2 rings (SSSR count). The molecule has 0 atom stereocenters. The lowest BCUT2D eigenvalue weighted by molar-refractivity contribution is 0.00667. The summed E-state index contributed by atoms with van der Waals surface area (Å²) in [5.41, 5.74) is 6.21. The molecule has 0 fully saturated rings. The molecule has 5 heteroatoms. The largest absolute Gasteiger partial charge is 0.456 e. The van der Waals surface area contributed by atoms with Crippen molar-refractivity contribution >= 4 is 11.7 Å². The molecule has 1 aromatic heterocycles. The van der Waals surface area contributed by atoms with Crippen molar-refractivity contribution < 1.29 is 9.53 Å². The van der Waals surface area contributed by atoms with E-state index >= 15 is 0 Å². The molecular formula is C14H20N2O3. The molecule has 104 valence electrons. The van der Waals surface area contributed by atoms with Crippen molar-refractivity contribution in [3.63, 3.8) is 0 Å². The summed E-state index contributed by atoms with van der Waals surface area (Å²) in [6, 6.07) is 1.45. The minimum atomic E-state index is -0.561. The molecule has 2 N–H and O–H groups in total. The molecule has 0 aromatic carbocycles. The normalized spacial score (nSPS) is 14.9. The highest BCUT2D eigenvalue weighted by Crippen LogP contribution is 2.21. The zero-order chi connectivity index (χ0) is 14.2. The van der Waals surface area contributed by atoms with Crippen LogP contribution in [0.25, 0.3) is 0 Å². The lowest BCUT2D eigenvalue weighted by Crippen LogP contribution is -2.33. The van der Waals surface area contributed by atoms with Crippen LogP contribution in [-0.4, -0.2) is 16.1 Å². The third-order valence-corrected chi connectivity index (χ3v) is 3.09. The molecule has 0 radical (unpaired) electrons. The Labute approximate surface area is 112 Å².